The van der Waals surface area contributed by atoms with E-state index in [2.05, 4.69) is 39.2 Å². The number of benzene rings is 1. The molecule has 2 fully saturated rings. The van der Waals surface area contributed by atoms with Gasteiger partial charge in [-0.05, 0) is 54.5 Å². The molecule has 5 heterocycles. The first kappa shape index (κ1) is 28.1. The van der Waals surface area contributed by atoms with Crippen molar-refractivity contribution in [2.75, 3.05) is 43.9 Å². The SMILES string of the molecule is CCc1cc2c(cc1Nc1ncc(C(F)(F)F)c(-c3cc4c(s3)C(=O)N(C3CC3)CCS4)n1)CCN(CC1COC1)C2. The van der Waals surface area contributed by atoms with Crippen LogP contribution in [-0.4, -0.2) is 70.3 Å². The van der Waals surface area contributed by atoms with Crippen LogP contribution in [-0.2, 0) is 30.3 Å². The Morgan fingerprint density at radius 1 is 1.14 bits per heavy atom. The first-order chi connectivity index (χ1) is 20.3. The molecule has 0 spiro atoms. The van der Waals surface area contributed by atoms with Crippen LogP contribution in [0.15, 0.2) is 29.3 Å². The number of nitrogens with zero attached hydrogens (tertiary/aromatic N) is 4. The number of amides is 1. The molecular weight excluding hydrogens is 583 g/mol. The molecule has 1 amide bonds. The van der Waals surface area contributed by atoms with E-state index in [4.69, 9.17) is 4.74 Å². The fourth-order valence-corrected chi connectivity index (χ4v) is 8.28. The van der Waals surface area contributed by atoms with Crippen molar-refractivity contribution < 1.29 is 22.7 Å². The maximum absolute atomic E-state index is 14.2. The summed E-state index contributed by atoms with van der Waals surface area (Å²) < 4.78 is 47.8. The Morgan fingerprint density at radius 3 is 2.69 bits per heavy atom. The third kappa shape index (κ3) is 5.54. The summed E-state index contributed by atoms with van der Waals surface area (Å²) in [5.41, 5.74) is 3.31. The van der Waals surface area contributed by atoms with Crippen LogP contribution in [0.2, 0.25) is 0 Å². The van der Waals surface area contributed by atoms with E-state index >= 15 is 0 Å². The van der Waals surface area contributed by atoms with Crippen molar-refractivity contribution in [1.29, 1.82) is 0 Å². The molecule has 42 heavy (non-hydrogen) atoms. The summed E-state index contributed by atoms with van der Waals surface area (Å²) in [6, 6.07) is 6.25. The lowest BCUT2D eigenvalue weighted by atomic mass is 9.94. The topological polar surface area (TPSA) is 70.6 Å². The Labute approximate surface area is 250 Å². The minimum Gasteiger partial charge on any atom is -0.381 e. The summed E-state index contributed by atoms with van der Waals surface area (Å²) in [5, 5.41) is 3.24. The summed E-state index contributed by atoms with van der Waals surface area (Å²) in [7, 11) is 0. The van der Waals surface area contributed by atoms with Crippen LogP contribution in [0.4, 0.5) is 24.8 Å². The number of ether oxygens (including phenoxy) is 1. The second-order valence-electron chi connectivity index (χ2n) is 11.5. The zero-order chi connectivity index (χ0) is 29.0. The van der Waals surface area contributed by atoms with Gasteiger partial charge in [0.1, 0.15) is 10.4 Å². The Balaban J connectivity index is 1.19. The number of anilines is 2. The molecule has 1 aliphatic carbocycles. The summed E-state index contributed by atoms with van der Waals surface area (Å²) in [6.45, 7) is 7.29. The zero-order valence-electron chi connectivity index (χ0n) is 23.3. The molecule has 0 bridgehead atoms. The van der Waals surface area contributed by atoms with Gasteiger partial charge in [-0.25, -0.2) is 9.97 Å². The Morgan fingerprint density at radius 2 is 1.98 bits per heavy atom. The molecule has 2 aromatic heterocycles. The predicted octanol–water partition coefficient (Wildman–Crippen LogP) is 6.24. The molecule has 7 rings (SSSR count). The number of aromatic nitrogens is 2. The number of hydrogen-bond acceptors (Lipinski definition) is 8. The lowest BCUT2D eigenvalue weighted by molar-refractivity contribution is -0.137. The van der Waals surface area contributed by atoms with E-state index in [0.29, 0.717) is 22.2 Å². The molecule has 1 saturated carbocycles. The average Bonchev–Trinajstić information content (AvgIpc) is 3.72. The van der Waals surface area contributed by atoms with E-state index in [1.165, 1.54) is 22.9 Å². The highest BCUT2D eigenvalue weighted by atomic mass is 32.2. The summed E-state index contributed by atoms with van der Waals surface area (Å²) in [4.78, 5) is 27.7. The standard InChI is InChI=1S/C30H32F3N5O2S2/c1-2-18-9-20-14-37(13-17-15-40-16-17)6-5-19(20)10-23(18)35-29-34-12-22(30(31,32)33)26(36-29)24-11-25-27(42-24)28(39)38(7-8-41-25)21-3-4-21/h9-12,17,21H,2-8,13-16H2,1H3,(H,34,35,36). The highest BCUT2D eigenvalue weighted by molar-refractivity contribution is 7.99. The number of fused-ring (bicyclic) bond motifs is 2. The quantitative estimate of drug-likeness (QED) is 0.337. The molecule has 1 saturated heterocycles. The fourth-order valence-electron chi connectivity index (χ4n) is 5.96. The number of alkyl halides is 3. The molecule has 0 unspecified atom stereocenters. The molecule has 222 valence electrons. The molecule has 0 radical (unpaired) electrons. The van der Waals surface area contributed by atoms with Gasteiger partial charge in [0.15, 0.2) is 0 Å². The normalized spacial score (nSPS) is 19.7. The number of thiophene rings is 1. The summed E-state index contributed by atoms with van der Waals surface area (Å²) >= 11 is 2.62. The number of carbonyl (C=O) groups excluding carboxylic acids is 1. The number of aryl methyl sites for hydroxylation is 1. The van der Waals surface area contributed by atoms with Crippen LogP contribution >= 0.6 is 23.1 Å². The second-order valence-corrected chi connectivity index (χ2v) is 13.7. The van der Waals surface area contributed by atoms with Crippen LogP contribution in [0.25, 0.3) is 10.6 Å². The van der Waals surface area contributed by atoms with Crippen LogP contribution in [0.1, 0.15) is 51.7 Å². The third-order valence-electron chi connectivity index (χ3n) is 8.43. The number of nitrogens with one attached hydrogen (secondary N) is 1. The molecule has 3 aliphatic heterocycles. The van der Waals surface area contributed by atoms with E-state index in [9.17, 15) is 18.0 Å². The average molecular weight is 616 g/mol. The lowest BCUT2D eigenvalue weighted by Crippen LogP contribution is -2.41. The first-order valence-corrected chi connectivity index (χ1v) is 16.3. The molecule has 12 heteroatoms. The van der Waals surface area contributed by atoms with Gasteiger partial charge in [-0.2, -0.15) is 13.2 Å². The minimum absolute atomic E-state index is 0.0871. The number of thioether (sulfide) groups is 1. The predicted molar refractivity (Wildman–Crippen MR) is 158 cm³/mol. The molecule has 7 nitrogen and oxygen atoms in total. The number of halogens is 3. The highest BCUT2D eigenvalue weighted by Crippen LogP contribution is 2.44. The maximum Gasteiger partial charge on any atom is 0.420 e. The van der Waals surface area contributed by atoms with Crippen molar-refractivity contribution in [3.05, 3.63) is 51.5 Å². The summed E-state index contributed by atoms with van der Waals surface area (Å²) in [6.07, 6.45) is -0.143. The van der Waals surface area contributed by atoms with Gasteiger partial charge in [0.2, 0.25) is 5.95 Å². The van der Waals surface area contributed by atoms with Gasteiger partial charge in [-0.15, -0.1) is 23.1 Å². The van der Waals surface area contributed by atoms with Gasteiger partial charge in [-0.1, -0.05) is 13.0 Å². The number of carbonyl (C=O) groups is 1. The summed E-state index contributed by atoms with van der Waals surface area (Å²) in [5.74, 6) is 1.35. The Bertz CT molecular complexity index is 1520. The van der Waals surface area contributed by atoms with Gasteiger partial charge < -0.3 is 15.0 Å². The smallest absolute Gasteiger partial charge is 0.381 e. The van der Waals surface area contributed by atoms with E-state index < -0.39 is 11.7 Å². The third-order valence-corrected chi connectivity index (χ3v) is 10.7. The van der Waals surface area contributed by atoms with Gasteiger partial charge in [0.05, 0.1) is 23.8 Å². The monoisotopic (exact) mass is 615 g/mol. The van der Waals surface area contributed by atoms with E-state index in [-0.39, 0.29) is 23.6 Å². The molecule has 3 aromatic rings. The van der Waals surface area contributed by atoms with Crippen molar-refractivity contribution in [3.63, 3.8) is 0 Å². The zero-order valence-corrected chi connectivity index (χ0v) is 24.9. The van der Waals surface area contributed by atoms with Crippen molar-refractivity contribution in [1.82, 2.24) is 19.8 Å². The largest absolute Gasteiger partial charge is 0.420 e. The molecule has 4 aliphatic rings. The first-order valence-electron chi connectivity index (χ1n) is 14.5. The Kier molecular flexibility index (Phi) is 7.44. The van der Waals surface area contributed by atoms with Crippen molar-refractivity contribution in [3.8, 4) is 10.6 Å². The fraction of sp³-hybridized carbons (Fsp3) is 0.500. The van der Waals surface area contributed by atoms with Crippen LogP contribution in [0.5, 0.6) is 0 Å². The van der Waals surface area contributed by atoms with Crippen LogP contribution < -0.4 is 5.32 Å². The molecule has 0 atom stereocenters. The van der Waals surface area contributed by atoms with Gasteiger partial charge in [-0.3, -0.25) is 9.69 Å². The van der Waals surface area contributed by atoms with Crippen molar-refractivity contribution >= 4 is 40.6 Å². The Hall–Kier alpha value is -2.67. The van der Waals surface area contributed by atoms with Crippen LogP contribution in [0.3, 0.4) is 0 Å². The van der Waals surface area contributed by atoms with E-state index in [1.54, 1.807) is 6.07 Å². The highest BCUT2D eigenvalue weighted by Gasteiger charge is 2.39. The minimum atomic E-state index is -4.63. The molecular formula is C30H32F3N5O2S2. The van der Waals surface area contributed by atoms with Gasteiger partial charge in [0.25, 0.3) is 5.91 Å². The number of rotatable bonds is 7. The van der Waals surface area contributed by atoms with E-state index in [0.717, 1.165) is 98.0 Å². The second kappa shape index (κ2) is 11.1. The van der Waals surface area contributed by atoms with Crippen LogP contribution in [0, 0.1) is 5.92 Å². The molecule has 1 N–H and O–H groups in total. The lowest BCUT2D eigenvalue weighted by Gasteiger charge is -2.35. The van der Waals surface area contributed by atoms with E-state index in [1.807, 2.05) is 4.90 Å². The van der Waals surface area contributed by atoms with Crippen molar-refractivity contribution in [2.24, 2.45) is 5.92 Å². The maximum atomic E-state index is 14.2. The molecule has 1 aromatic carbocycles. The number of hydrogen-bond donors (Lipinski definition) is 1. The van der Waals surface area contributed by atoms with Gasteiger partial charge >= 0.3 is 6.18 Å². The van der Waals surface area contributed by atoms with Crippen molar-refractivity contribution in [2.45, 2.75) is 56.3 Å². The van der Waals surface area contributed by atoms with Gasteiger partial charge in [0, 0.05) is 60.7 Å².